The number of nitrogens with one attached hydrogen (secondary N) is 1. The normalized spacial score (nSPS) is 10.3. The monoisotopic (exact) mass is 324 g/mol. The number of nitrogens with zero attached hydrogens (tertiary/aromatic N) is 1. The summed E-state index contributed by atoms with van der Waals surface area (Å²) < 4.78 is 18.3. The van der Waals surface area contributed by atoms with Gasteiger partial charge in [-0.15, -0.1) is 0 Å². The first-order valence-electron chi connectivity index (χ1n) is 6.49. The van der Waals surface area contributed by atoms with Gasteiger partial charge < -0.3 is 14.6 Å². The Morgan fingerprint density at radius 3 is 2.73 bits per heavy atom. The van der Waals surface area contributed by atoms with E-state index in [0.717, 1.165) is 6.07 Å². The molecule has 0 fully saturated rings. The highest BCUT2D eigenvalue weighted by atomic mass is 35.5. The van der Waals surface area contributed by atoms with Crippen LogP contribution in [0.3, 0.4) is 0 Å². The van der Waals surface area contributed by atoms with Gasteiger partial charge in [0.1, 0.15) is 18.1 Å². The average molecular weight is 325 g/mol. The molecule has 1 aromatic heterocycles. The molecular weight excluding hydrogens is 311 g/mol. The van der Waals surface area contributed by atoms with E-state index in [1.807, 2.05) is 0 Å². The van der Waals surface area contributed by atoms with E-state index in [-0.39, 0.29) is 29.9 Å². The number of carbonyl (C=O) groups excluding carboxylic acids is 2. The summed E-state index contributed by atoms with van der Waals surface area (Å²) in [5.74, 6) is -0.702. The van der Waals surface area contributed by atoms with Crippen LogP contribution in [0.15, 0.2) is 41.0 Å². The van der Waals surface area contributed by atoms with E-state index in [0.29, 0.717) is 11.4 Å². The Balaban J connectivity index is 2.03. The standard InChI is InChI=1S/C15H14ClFN2O3/c1-10(20)19(11-4-5-14(17)13(16)7-11)9-15(21)18-8-12-3-2-6-22-12/h2-7H,8-9H2,1H3,(H,18,21). The van der Waals surface area contributed by atoms with Crippen LogP contribution in [0.5, 0.6) is 0 Å². The average Bonchev–Trinajstić information content (AvgIpc) is 2.98. The van der Waals surface area contributed by atoms with E-state index in [4.69, 9.17) is 16.0 Å². The molecular formula is C15H14ClFN2O3. The second-order valence-electron chi connectivity index (χ2n) is 4.56. The molecule has 2 amide bonds. The molecule has 2 aromatic rings. The Kier molecular flexibility index (Phi) is 5.16. The van der Waals surface area contributed by atoms with Crippen LogP contribution in [-0.2, 0) is 16.1 Å². The lowest BCUT2D eigenvalue weighted by molar-refractivity contribution is -0.123. The van der Waals surface area contributed by atoms with Gasteiger partial charge >= 0.3 is 0 Å². The molecule has 1 N–H and O–H groups in total. The van der Waals surface area contributed by atoms with Gasteiger partial charge in [-0.3, -0.25) is 9.59 Å². The third kappa shape index (κ3) is 4.08. The quantitative estimate of drug-likeness (QED) is 0.920. The molecule has 0 aliphatic carbocycles. The Bertz CT molecular complexity index is 673. The molecule has 2 rings (SSSR count). The predicted molar refractivity (Wildman–Crippen MR) is 80.0 cm³/mol. The molecule has 0 saturated carbocycles. The molecule has 0 aliphatic heterocycles. The van der Waals surface area contributed by atoms with Crippen LogP contribution in [0.25, 0.3) is 0 Å². The third-order valence-corrected chi connectivity index (χ3v) is 3.23. The largest absolute Gasteiger partial charge is 0.467 e. The molecule has 0 unspecified atom stereocenters. The summed E-state index contributed by atoms with van der Waals surface area (Å²) in [7, 11) is 0. The molecule has 0 aliphatic rings. The molecule has 5 nitrogen and oxygen atoms in total. The number of amides is 2. The maximum Gasteiger partial charge on any atom is 0.240 e. The number of rotatable bonds is 5. The van der Waals surface area contributed by atoms with Crippen LogP contribution in [0.2, 0.25) is 5.02 Å². The van der Waals surface area contributed by atoms with Crippen molar-refractivity contribution < 1.29 is 18.4 Å². The van der Waals surface area contributed by atoms with Crippen molar-refractivity contribution in [3.8, 4) is 0 Å². The molecule has 0 spiro atoms. The Morgan fingerprint density at radius 1 is 1.36 bits per heavy atom. The van der Waals surface area contributed by atoms with Gasteiger partial charge in [-0.25, -0.2) is 4.39 Å². The number of hydrogen-bond donors (Lipinski definition) is 1. The lowest BCUT2D eigenvalue weighted by Gasteiger charge is -2.20. The van der Waals surface area contributed by atoms with E-state index < -0.39 is 5.82 Å². The molecule has 7 heteroatoms. The highest BCUT2D eigenvalue weighted by Crippen LogP contribution is 2.22. The van der Waals surface area contributed by atoms with Crippen molar-refractivity contribution in [1.29, 1.82) is 0 Å². The van der Waals surface area contributed by atoms with Crippen molar-refractivity contribution in [1.82, 2.24) is 5.32 Å². The summed E-state index contributed by atoms with van der Waals surface area (Å²) in [5, 5.41) is 2.52. The SMILES string of the molecule is CC(=O)N(CC(=O)NCc1ccco1)c1ccc(F)c(Cl)c1. The maximum atomic E-state index is 13.2. The van der Waals surface area contributed by atoms with Crippen molar-refractivity contribution in [2.45, 2.75) is 13.5 Å². The van der Waals surface area contributed by atoms with Gasteiger partial charge in [0.2, 0.25) is 11.8 Å². The predicted octanol–water partition coefficient (Wildman–Crippen LogP) is 2.74. The lowest BCUT2D eigenvalue weighted by atomic mass is 10.2. The first kappa shape index (κ1) is 16.0. The zero-order valence-corrected chi connectivity index (χ0v) is 12.6. The molecule has 0 radical (unpaired) electrons. The molecule has 0 bridgehead atoms. The number of anilines is 1. The molecule has 116 valence electrons. The van der Waals surface area contributed by atoms with E-state index in [9.17, 15) is 14.0 Å². The Hall–Kier alpha value is -2.34. The summed E-state index contributed by atoms with van der Waals surface area (Å²) in [4.78, 5) is 24.8. The van der Waals surface area contributed by atoms with Crippen LogP contribution >= 0.6 is 11.6 Å². The Morgan fingerprint density at radius 2 is 2.14 bits per heavy atom. The van der Waals surface area contributed by atoms with Gasteiger partial charge in [0, 0.05) is 12.6 Å². The van der Waals surface area contributed by atoms with Crippen LogP contribution in [0, 0.1) is 5.82 Å². The minimum atomic E-state index is -0.587. The summed E-state index contributed by atoms with van der Waals surface area (Å²) in [6, 6.07) is 7.28. The third-order valence-electron chi connectivity index (χ3n) is 2.94. The molecule has 0 atom stereocenters. The van der Waals surface area contributed by atoms with Gasteiger partial charge in [0.15, 0.2) is 0 Å². The summed E-state index contributed by atoms with van der Waals surface area (Å²) >= 11 is 5.70. The first-order valence-corrected chi connectivity index (χ1v) is 6.87. The molecule has 0 saturated heterocycles. The number of halogens is 2. The Labute approximate surface area is 131 Å². The fraction of sp³-hybridized carbons (Fsp3) is 0.200. The van der Waals surface area contributed by atoms with Gasteiger partial charge in [-0.1, -0.05) is 11.6 Å². The van der Waals surface area contributed by atoms with Gasteiger partial charge in [-0.2, -0.15) is 0 Å². The highest BCUT2D eigenvalue weighted by Gasteiger charge is 2.17. The van der Waals surface area contributed by atoms with Crippen molar-refractivity contribution in [3.63, 3.8) is 0 Å². The fourth-order valence-corrected chi connectivity index (χ4v) is 2.01. The van der Waals surface area contributed by atoms with E-state index in [1.54, 1.807) is 12.1 Å². The van der Waals surface area contributed by atoms with Crippen LogP contribution in [-0.4, -0.2) is 18.4 Å². The first-order chi connectivity index (χ1) is 10.5. The molecule has 22 heavy (non-hydrogen) atoms. The molecule has 1 heterocycles. The van der Waals surface area contributed by atoms with Gasteiger partial charge in [0.25, 0.3) is 0 Å². The fourth-order valence-electron chi connectivity index (χ4n) is 1.84. The highest BCUT2D eigenvalue weighted by molar-refractivity contribution is 6.31. The lowest BCUT2D eigenvalue weighted by Crippen LogP contribution is -2.39. The second-order valence-corrected chi connectivity index (χ2v) is 4.97. The van der Waals surface area contributed by atoms with Crippen molar-refractivity contribution in [2.24, 2.45) is 0 Å². The summed E-state index contributed by atoms with van der Waals surface area (Å²) in [6.07, 6.45) is 1.50. The van der Waals surface area contributed by atoms with E-state index in [2.05, 4.69) is 5.32 Å². The van der Waals surface area contributed by atoms with Gasteiger partial charge in [0.05, 0.1) is 17.8 Å². The number of furan rings is 1. The zero-order chi connectivity index (χ0) is 16.1. The summed E-state index contributed by atoms with van der Waals surface area (Å²) in [5.41, 5.74) is 0.354. The number of hydrogen-bond acceptors (Lipinski definition) is 3. The topological polar surface area (TPSA) is 62.6 Å². The minimum Gasteiger partial charge on any atom is -0.467 e. The van der Waals surface area contributed by atoms with Crippen molar-refractivity contribution >= 4 is 29.1 Å². The van der Waals surface area contributed by atoms with Crippen LogP contribution < -0.4 is 10.2 Å². The molecule has 1 aromatic carbocycles. The smallest absolute Gasteiger partial charge is 0.240 e. The maximum absolute atomic E-state index is 13.2. The van der Waals surface area contributed by atoms with Crippen molar-refractivity contribution in [3.05, 3.63) is 53.2 Å². The summed E-state index contributed by atoms with van der Waals surface area (Å²) in [6.45, 7) is 1.34. The van der Waals surface area contributed by atoms with E-state index >= 15 is 0 Å². The number of benzene rings is 1. The zero-order valence-electron chi connectivity index (χ0n) is 11.8. The van der Waals surface area contributed by atoms with Crippen LogP contribution in [0.4, 0.5) is 10.1 Å². The van der Waals surface area contributed by atoms with Crippen LogP contribution in [0.1, 0.15) is 12.7 Å². The van der Waals surface area contributed by atoms with Gasteiger partial charge in [-0.05, 0) is 30.3 Å². The van der Waals surface area contributed by atoms with Crippen molar-refractivity contribution in [2.75, 3.05) is 11.4 Å². The number of carbonyl (C=O) groups is 2. The van der Waals surface area contributed by atoms with E-state index in [1.165, 1.54) is 30.2 Å². The second kappa shape index (κ2) is 7.09. The minimum absolute atomic E-state index is 0.111.